The number of guanidine groups is 1. The van der Waals surface area contributed by atoms with Gasteiger partial charge in [-0.05, 0) is 26.1 Å². The van der Waals surface area contributed by atoms with Crippen LogP contribution in [0.15, 0.2) is 27.8 Å². The first kappa shape index (κ1) is 18.3. The highest BCUT2D eigenvalue weighted by molar-refractivity contribution is 5.79. The number of rotatable bonds is 8. The van der Waals surface area contributed by atoms with Gasteiger partial charge in [0.2, 0.25) is 0 Å². The molecule has 0 aliphatic heterocycles. The van der Waals surface area contributed by atoms with E-state index in [1.165, 1.54) is 11.9 Å². The molecular formula is C14H23F3N4O. The third-order valence-electron chi connectivity index (χ3n) is 2.79. The van der Waals surface area contributed by atoms with Crippen LogP contribution in [0.25, 0.3) is 0 Å². The van der Waals surface area contributed by atoms with E-state index in [2.05, 4.69) is 15.6 Å². The summed E-state index contributed by atoms with van der Waals surface area (Å²) in [6, 6.07) is 3.71. The highest BCUT2D eigenvalue weighted by Crippen LogP contribution is 2.15. The topological polar surface area (TPSA) is 52.8 Å². The Kier molecular flexibility index (Phi) is 7.79. The summed E-state index contributed by atoms with van der Waals surface area (Å²) < 4.78 is 41.8. The van der Waals surface area contributed by atoms with Gasteiger partial charge in [0.15, 0.2) is 5.96 Å². The predicted octanol–water partition coefficient (Wildman–Crippen LogP) is 1.87. The lowest BCUT2D eigenvalue weighted by atomic mass is 10.3. The van der Waals surface area contributed by atoms with E-state index in [0.29, 0.717) is 32.0 Å². The van der Waals surface area contributed by atoms with Crippen LogP contribution in [0.1, 0.15) is 12.7 Å². The van der Waals surface area contributed by atoms with Gasteiger partial charge in [-0.2, -0.15) is 13.2 Å². The minimum Gasteiger partial charge on any atom is -0.469 e. The zero-order valence-corrected chi connectivity index (χ0v) is 12.9. The van der Waals surface area contributed by atoms with E-state index in [1.54, 1.807) is 6.26 Å². The van der Waals surface area contributed by atoms with Crippen molar-refractivity contribution in [3.8, 4) is 0 Å². The average molecular weight is 320 g/mol. The van der Waals surface area contributed by atoms with E-state index < -0.39 is 12.7 Å². The Morgan fingerprint density at radius 2 is 2.14 bits per heavy atom. The molecule has 0 aromatic carbocycles. The number of hydrogen-bond donors (Lipinski definition) is 2. The normalized spacial score (nSPS) is 12.7. The van der Waals surface area contributed by atoms with Gasteiger partial charge in [-0.3, -0.25) is 9.89 Å². The van der Waals surface area contributed by atoms with Crippen molar-refractivity contribution in [2.24, 2.45) is 4.99 Å². The molecule has 0 amide bonds. The van der Waals surface area contributed by atoms with Gasteiger partial charge in [0.1, 0.15) is 5.76 Å². The number of alkyl halides is 3. The quantitative estimate of drug-likeness (QED) is 0.567. The SMILES string of the molecule is CCNC(=NCCN(C)CC(F)(F)F)NCCc1ccco1. The number of likely N-dealkylation sites (N-methyl/N-ethyl adjacent to an activating group) is 1. The Bertz CT molecular complexity index is 432. The van der Waals surface area contributed by atoms with Gasteiger partial charge < -0.3 is 15.1 Å². The average Bonchev–Trinajstić information content (AvgIpc) is 2.89. The van der Waals surface area contributed by atoms with Gasteiger partial charge in [0.05, 0.1) is 19.4 Å². The fraction of sp³-hybridized carbons (Fsp3) is 0.643. The minimum absolute atomic E-state index is 0.244. The molecule has 1 heterocycles. The summed E-state index contributed by atoms with van der Waals surface area (Å²) in [7, 11) is 1.43. The first-order valence-electron chi connectivity index (χ1n) is 7.20. The summed E-state index contributed by atoms with van der Waals surface area (Å²) in [6.45, 7) is 2.87. The van der Waals surface area contributed by atoms with Gasteiger partial charge in [0, 0.05) is 26.1 Å². The molecule has 8 heteroatoms. The van der Waals surface area contributed by atoms with Crippen LogP contribution in [0.5, 0.6) is 0 Å². The maximum Gasteiger partial charge on any atom is 0.401 e. The fourth-order valence-electron chi connectivity index (χ4n) is 1.82. The smallest absolute Gasteiger partial charge is 0.401 e. The summed E-state index contributed by atoms with van der Waals surface area (Å²) in [5.41, 5.74) is 0. The molecule has 0 saturated carbocycles. The lowest BCUT2D eigenvalue weighted by Crippen LogP contribution is -2.39. The molecule has 0 aliphatic rings. The molecule has 1 aromatic heterocycles. The zero-order chi connectivity index (χ0) is 16.4. The van der Waals surface area contributed by atoms with Gasteiger partial charge in [0.25, 0.3) is 0 Å². The summed E-state index contributed by atoms with van der Waals surface area (Å²) in [5.74, 6) is 1.46. The molecule has 0 bridgehead atoms. The van der Waals surface area contributed by atoms with E-state index in [1.807, 2.05) is 19.1 Å². The molecule has 126 valence electrons. The van der Waals surface area contributed by atoms with Crippen LogP contribution in [-0.4, -0.2) is 56.8 Å². The van der Waals surface area contributed by atoms with Crippen LogP contribution in [0, 0.1) is 0 Å². The molecule has 0 unspecified atom stereocenters. The largest absolute Gasteiger partial charge is 0.469 e. The Morgan fingerprint density at radius 3 is 2.73 bits per heavy atom. The van der Waals surface area contributed by atoms with Crippen molar-refractivity contribution in [1.82, 2.24) is 15.5 Å². The van der Waals surface area contributed by atoms with Crippen LogP contribution in [0.2, 0.25) is 0 Å². The lowest BCUT2D eigenvalue weighted by Gasteiger charge is -2.17. The molecule has 0 aliphatic carbocycles. The van der Waals surface area contributed by atoms with Crippen molar-refractivity contribution in [3.63, 3.8) is 0 Å². The lowest BCUT2D eigenvalue weighted by molar-refractivity contribution is -0.142. The third kappa shape index (κ3) is 8.56. The molecule has 0 fully saturated rings. The van der Waals surface area contributed by atoms with Gasteiger partial charge in [-0.1, -0.05) is 0 Å². The fourth-order valence-corrected chi connectivity index (χ4v) is 1.82. The number of hydrogen-bond acceptors (Lipinski definition) is 3. The summed E-state index contributed by atoms with van der Waals surface area (Å²) in [6.07, 6.45) is -1.85. The second kappa shape index (κ2) is 9.34. The van der Waals surface area contributed by atoms with Crippen molar-refractivity contribution in [1.29, 1.82) is 0 Å². The first-order chi connectivity index (χ1) is 10.4. The summed E-state index contributed by atoms with van der Waals surface area (Å²) >= 11 is 0. The third-order valence-corrected chi connectivity index (χ3v) is 2.79. The van der Waals surface area contributed by atoms with E-state index in [9.17, 15) is 13.2 Å². The molecule has 22 heavy (non-hydrogen) atoms. The van der Waals surface area contributed by atoms with Crippen LogP contribution < -0.4 is 10.6 Å². The van der Waals surface area contributed by atoms with Gasteiger partial charge in [-0.25, -0.2) is 0 Å². The van der Waals surface area contributed by atoms with Crippen LogP contribution in [0.3, 0.4) is 0 Å². The number of nitrogens with zero attached hydrogens (tertiary/aromatic N) is 2. The van der Waals surface area contributed by atoms with Crippen molar-refractivity contribution in [2.45, 2.75) is 19.5 Å². The first-order valence-corrected chi connectivity index (χ1v) is 7.20. The van der Waals surface area contributed by atoms with E-state index in [0.717, 1.165) is 5.76 Å². The number of halogens is 3. The summed E-state index contributed by atoms with van der Waals surface area (Å²) in [4.78, 5) is 5.46. The molecule has 0 saturated heterocycles. The Morgan fingerprint density at radius 1 is 1.36 bits per heavy atom. The van der Waals surface area contributed by atoms with E-state index in [4.69, 9.17) is 4.42 Å². The Hall–Kier alpha value is -1.70. The van der Waals surface area contributed by atoms with Crippen LogP contribution in [-0.2, 0) is 6.42 Å². The molecule has 1 aromatic rings. The summed E-state index contributed by atoms with van der Waals surface area (Å²) in [5, 5.41) is 6.17. The van der Waals surface area contributed by atoms with Gasteiger partial charge in [-0.15, -0.1) is 0 Å². The van der Waals surface area contributed by atoms with Crippen molar-refractivity contribution in [3.05, 3.63) is 24.2 Å². The standard InChI is InChI=1S/C14H23F3N4O/c1-3-18-13(19-7-6-12-5-4-10-22-12)20-8-9-21(2)11-14(15,16)17/h4-5,10H,3,6-9,11H2,1-2H3,(H2,18,19,20). The highest BCUT2D eigenvalue weighted by atomic mass is 19.4. The van der Waals surface area contributed by atoms with E-state index >= 15 is 0 Å². The van der Waals surface area contributed by atoms with Crippen molar-refractivity contribution >= 4 is 5.96 Å². The highest BCUT2D eigenvalue weighted by Gasteiger charge is 2.28. The Labute approximate surface area is 128 Å². The monoisotopic (exact) mass is 320 g/mol. The number of nitrogens with one attached hydrogen (secondary N) is 2. The van der Waals surface area contributed by atoms with E-state index in [-0.39, 0.29) is 6.54 Å². The van der Waals surface area contributed by atoms with Crippen LogP contribution >= 0.6 is 0 Å². The molecular weight excluding hydrogens is 297 g/mol. The number of aliphatic imine (C=N–C) groups is 1. The van der Waals surface area contributed by atoms with Gasteiger partial charge >= 0.3 is 6.18 Å². The molecule has 5 nitrogen and oxygen atoms in total. The zero-order valence-electron chi connectivity index (χ0n) is 12.9. The predicted molar refractivity (Wildman–Crippen MR) is 79.9 cm³/mol. The molecule has 0 spiro atoms. The van der Waals surface area contributed by atoms with Crippen LogP contribution in [0.4, 0.5) is 13.2 Å². The molecule has 0 radical (unpaired) electrons. The number of furan rings is 1. The second-order valence-electron chi connectivity index (χ2n) is 4.87. The maximum absolute atomic E-state index is 12.2. The Balaban J connectivity index is 2.31. The molecule has 1 rings (SSSR count). The van der Waals surface area contributed by atoms with Crippen molar-refractivity contribution < 1.29 is 17.6 Å². The van der Waals surface area contributed by atoms with Crippen molar-refractivity contribution in [2.75, 3.05) is 39.8 Å². The minimum atomic E-state index is -4.18. The second-order valence-corrected chi connectivity index (χ2v) is 4.87. The maximum atomic E-state index is 12.2. The molecule has 2 N–H and O–H groups in total. The molecule has 0 atom stereocenters.